The summed E-state index contributed by atoms with van der Waals surface area (Å²) in [4.78, 5) is 112. The van der Waals surface area contributed by atoms with Gasteiger partial charge in [-0.05, 0) is 226 Å². The minimum atomic E-state index is -4.61. The van der Waals surface area contributed by atoms with E-state index in [1.807, 2.05) is 77.5 Å². The number of pyridine rings is 1. The molecule has 0 spiro atoms. The number of nitrogens with two attached hydrogens (primary N) is 1. The molecule has 0 saturated carbocycles. The highest BCUT2D eigenvalue weighted by molar-refractivity contribution is 9.10. The van der Waals surface area contributed by atoms with E-state index in [0.717, 1.165) is 73.1 Å². The Kier molecular flexibility index (Phi) is 34.0. The summed E-state index contributed by atoms with van der Waals surface area (Å²) in [6.07, 6.45) is 1.89. The van der Waals surface area contributed by atoms with E-state index >= 15 is 0 Å². The molecule has 2 aliphatic rings. The number of aromatic carboxylic acids is 1. The number of carboxylic acid groups (broad SMARTS) is 1. The molecule has 15 aromatic rings. The molecule has 136 heavy (non-hydrogen) atoms. The summed E-state index contributed by atoms with van der Waals surface area (Å²) < 4.78 is 93.2. The molecule has 47 heteroatoms. The number of halogens is 6. The molecule has 0 fully saturated rings. The fraction of sp³-hybridized carbons (Fsp3) is 0.135. The highest BCUT2D eigenvalue weighted by Crippen LogP contribution is 2.43. The van der Waals surface area contributed by atoms with Crippen molar-refractivity contribution in [3.05, 3.63) is 326 Å². The summed E-state index contributed by atoms with van der Waals surface area (Å²) in [5.41, 5.74) is 10.6. The van der Waals surface area contributed by atoms with Crippen molar-refractivity contribution in [3.8, 4) is 39.2 Å². The van der Waals surface area contributed by atoms with Crippen molar-refractivity contribution in [2.75, 3.05) is 38.5 Å². The minimum Gasteiger partial charge on any atom is -0.478 e. The molecule has 10 heterocycles. The van der Waals surface area contributed by atoms with Crippen molar-refractivity contribution < 1.29 is 83.5 Å². The quantitative estimate of drug-likeness (QED) is 0.0128. The molecule has 0 aliphatic carbocycles. The van der Waals surface area contributed by atoms with Crippen LogP contribution in [-0.2, 0) is 27.7 Å². The molecule has 0 bridgehead atoms. The molecular weight excluding hydrogens is 2040 g/mol. The first kappa shape index (κ1) is 101. The first-order chi connectivity index (χ1) is 64.9. The number of carbonyl (C=O) groups excluding carboxylic acids is 6. The number of alkyl halides is 3. The third-order valence-corrected chi connectivity index (χ3v) is 24.9. The van der Waals surface area contributed by atoms with Crippen LogP contribution in [0.3, 0.4) is 0 Å². The number of nitro groups is 1. The molecule has 6 amide bonds. The molecule has 9 N–H and O–H groups in total. The van der Waals surface area contributed by atoms with Crippen molar-refractivity contribution in [1.82, 2.24) is 54.9 Å². The van der Waals surface area contributed by atoms with Gasteiger partial charge in [0.05, 0.1) is 42.7 Å². The molecule has 1 unspecified atom stereocenters. The summed E-state index contributed by atoms with van der Waals surface area (Å²) in [6.45, 7) is 8.17. The number of H-pyrrole nitrogens is 1. The van der Waals surface area contributed by atoms with E-state index in [2.05, 4.69) is 139 Å². The maximum absolute atomic E-state index is 13.3. The normalized spacial score (nSPS) is 12.7. The van der Waals surface area contributed by atoms with Crippen LogP contribution in [0.15, 0.2) is 269 Å². The van der Waals surface area contributed by atoms with Crippen molar-refractivity contribution in [2.24, 2.45) is 10.8 Å². The van der Waals surface area contributed by atoms with E-state index in [1.54, 1.807) is 67.9 Å². The lowest BCUT2D eigenvalue weighted by Gasteiger charge is -2.34. The molecule has 698 valence electrons. The van der Waals surface area contributed by atoms with Crippen LogP contribution >= 0.6 is 101 Å². The molecule has 7 aromatic carbocycles. The van der Waals surface area contributed by atoms with Gasteiger partial charge in [-0.3, -0.25) is 48.8 Å². The second kappa shape index (κ2) is 46.0. The smallest absolute Gasteiger partial charge is 0.433 e. The maximum Gasteiger partial charge on any atom is 0.433 e. The number of imidazole rings is 1. The van der Waals surface area contributed by atoms with Crippen LogP contribution in [0.5, 0.6) is 11.5 Å². The number of carbonyl (C=O) groups is 7. The summed E-state index contributed by atoms with van der Waals surface area (Å²) in [6, 6.07) is 58.8. The Morgan fingerprint density at radius 3 is 2.07 bits per heavy atom. The number of ether oxygens (including phenoxy) is 2. The number of nitrogens with zero attached hydrogens (tertiary/aromatic N) is 12. The van der Waals surface area contributed by atoms with Gasteiger partial charge in [0.15, 0.2) is 32.7 Å². The van der Waals surface area contributed by atoms with Crippen molar-refractivity contribution >= 4 is 192 Å². The molecule has 8 aromatic heterocycles. The van der Waals surface area contributed by atoms with E-state index in [0.29, 0.717) is 63.9 Å². The summed E-state index contributed by atoms with van der Waals surface area (Å²) in [5, 5.41) is 54.4. The van der Waals surface area contributed by atoms with Crippen LogP contribution in [0.2, 0.25) is 4.34 Å². The number of thiophene rings is 1. The molecular formula is C89H73Br2ClF3N19O16S6. The number of benzene rings is 7. The van der Waals surface area contributed by atoms with E-state index in [-0.39, 0.29) is 75.4 Å². The Morgan fingerprint density at radius 2 is 1.41 bits per heavy atom. The van der Waals surface area contributed by atoms with Crippen LogP contribution < -0.4 is 41.2 Å². The van der Waals surface area contributed by atoms with Crippen LogP contribution in [0, 0.1) is 35.7 Å². The topological polar surface area (TPSA) is 487 Å². The first-order valence-corrected chi connectivity index (χ1v) is 47.0. The summed E-state index contributed by atoms with van der Waals surface area (Å²) in [7, 11) is -3.93. The van der Waals surface area contributed by atoms with Crippen molar-refractivity contribution in [1.29, 1.82) is 0 Å². The first-order valence-electron chi connectivity index (χ1n) is 39.6. The number of hydrogen-bond acceptors (Lipinski definition) is 29. The van der Waals surface area contributed by atoms with Gasteiger partial charge in [-0.25, -0.2) is 42.9 Å². The van der Waals surface area contributed by atoms with Crippen molar-refractivity contribution in [3.63, 3.8) is 0 Å². The fourth-order valence-electron chi connectivity index (χ4n) is 12.2. The van der Waals surface area contributed by atoms with Gasteiger partial charge in [-0.15, -0.1) is 43.1 Å². The van der Waals surface area contributed by atoms with Gasteiger partial charge in [-0.1, -0.05) is 111 Å². The SMILES string of the molecule is CC1=NN(C(=O)c2ccc(C(N)=O)cc2)C(C)(C(F)(F)F)C1.Cc1cc(C)nc(NS(=O)(=O)c2ccc(NC(=O)c3ccccc3C(=O)O)cc2)n1.Cc1cccc(-n2cc(-c3ccc4c(c3)OCO4)[nH]c2=S)c1.O=C(CSc1nnc(-c2ccc(Cl)s2)o1)Nc1nccs1.O=C(Nc1ccc(Br)cn1)c1ccc([N+](=O)[O-])o1.O=C(Nc1nnc(CCc2ccccc2)s1)c1cccc(Br)c1. The zero-order chi connectivity index (χ0) is 97.5. The number of aromatic amines is 1. The van der Waals surface area contributed by atoms with Gasteiger partial charge in [0, 0.05) is 96.5 Å². The van der Waals surface area contributed by atoms with Gasteiger partial charge in [0.1, 0.15) is 15.7 Å². The number of nitrogens with one attached hydrogen (secondary N) is 6. The van der Waals surface area contributed by atoms with Gasteiger partial charge in [-0.2, -0.15) is 18.3 Å². The van der Waals surface area contributed by atoms with E-state index < -0.39 is 62.1 Å². The van der Waals surface area contributed by atoms with Crippen LogP contribution in [0.25, 0.3) is 27.7 Å². The molecule has 1 atom stereocenters. The van der Waals surface area contributed by atoms with Gasteiger partial charge < -0.3 is 50.1 Å². The number of anilines is 5. The number of hydrazone groups is 1. The average molecular weight is 2110 g/mol. The lowest BCUT2D eigenvalue weighted by atomic mass is 9.94. The number of furan rings is 1. The number of thioether (sulfide) groups is 1. The van der Waals surface area contributed by atoms with Crippen LogP contribution in [-0.4, -0.2) is 145 Å². The van der Waals surface area contributed by atoms with E-state index in [1.165, 1.54) is 143 Å². The number of aryl methyl sites for hydroxylation is 5. The zero-order valence-corrected chi connectivity index (χ0v) is 80.1. The highest BCUT2D eigenvalue weighted by Gasteiger charge is 2.60. The minimum absolute atomic E-state index is 0.000995. The number of amides is 6. The number of hydrogen-bond donors (Lipinski definition) is 8. The molecule has 0 radical (unpaired) electrons. The number of sulfonamides is 1. The van der Waals surface area contributed by atoms with Crippen molar-refractivity contribution in [2.45, 2.75) is 75.7 Å². The maximum atomic E-state index is 13.3. The lowest BCUT2D eigenvalue weighted by molar-refractivity contribution is -0.402. The van der Waals surface area contributed by atoms with Crippen LogP contribution in [0.4, 0.5) is 46.8 Å². The number of carboxylic acids is 1. The largest absolute Gasteiger partial charge is 0.478 e. The standard InChI is InChI=1S/C20H18N4O5S.C17H14BrN3OS.C17H14N2O2S.C14H14F3N3O2.C11H7ClN4O2S3.C10H6BrN3O4/c1-12-11-13(2)22-20(21-12)24-30(28,29)15-9-7-14(8-10-15)23-18(25)16-5-3-4-6-17(16)19(26)27;18-14-8-4-7-13(11-14)16(22)19-17-21-20-15(23-17)10-9-12-5-2-1-3-6-12;1-11-3-2-4-13(7-11)19-9-14(18-17(19)22)12-5-6-15-16(8-12)21-10-20-15;1-8-7-13(2,14(15,16)17)20(19-8)12(22)10-5-3-9(4-6-10)11(18)21;12-7-2-1-6(21-7)9-15-16-11(18-9)20-5-8(17)14-10-13-3-4-19-10;11-6-1-3-8(12-5-6)13-10(15)7-2-4-9(18-7)14(16)17/h3-11H,1-2H3,(H,23,25)(H,26,27)(H,21,22,24);1-8,11H,9-10H2,(H,19,21,22);2-9H,10H2,1H3,(H,18,22);3-6H,7H2,1-2H3,(H2,18,21);1-4H,5H2,(H,13,14,17);1-5H,(H,12,13,15). The van der Waals surface area contributed by atoms with Crippen LogP contribution in [0.1, 0.15) is 110 Å². The molecule has 17 rings (SSSR count). The third-order valence-electron chi connectivity index (χ3n) is 18.7. The fourth-order valence-corrected chi connectivity index (χ4v) is 16.9. The predicted octanol–water partition coefficient (Wildman–Crippen LogP) is 20.0. The third kappa shape index (κ3) is 27.9. The Balaban J connectivity index is 0.000000148. The Labute approximate surface area is 814 Å². The molecule has 2 aliphatic heterocycles. The Bertz CT molecular complexity index is 7060. The summed E-state index contributed by atoms with van der Waals surface area (Å²) in [5.74, 6) is -2.59. The molecule has 0 saturated heterocycles. The Hall–Kier alpha value is -14.4. The van der Waals surface area contributed by atoms with Gasteiger partial charge in [0.2, 0.25) is 29.7 Å². The van der Waals surface area contributed by atoms with E-state index in [4.69, 9.17) is 47.9 Å². The van der Waals surface area contributed by atoms with Gasteiger partial charge in [0.25, 0.3) is 44.8 Å². The van der Waals surface area contributed by atoms with Gasteiger partial charge >= 0.3 is 18.0 Å². The summed E-state index contributed by atoms with van der Waals surface area (Å²) >= 11 is 23.2. The monoisotopic (exact) mass is 2110 g/mol. The second-order valence-corrected chi connectivity index (χ2v) is 37.3. The lowest BCUT2D eigenvalue weighted by Crippen LogP contribution is -2.54. The number of rotatable bonds is 23. The Morgan fingerprint density at radius 1 is 0.699 bits per heavy atom. The second-order valence-electron chi connectivity index (χ2n) is 28.8. The van der Waals surface area contributed by atoms with E-state index in [9.17, 15) is 70.4 Å². The number of primary amides is 1. The molecule has 35 nitrogen and oxygen atoms in total. The highest BCUT2D eigenvalue weighted by atomic mass is 79.9. The average Bonchev–Trinajstić information content (AvgIpc) is 1.60. The number of thiazole rings is 1. The zero-order valence-electron chi connectivity index (χ0n) is 71.3. The predicted molar refractivity (Wildman–Crippen MR) is 516 cm³/mol. The number of aromatic nitrogens is 10. The number of fused-ring (bicyclic) bond motifs is 1.